The van der Waals surface area contributed by atoms with E-state index in [0.717, 1.165) is 31.2 Å². The molecule has 12 heteroatoms. The minimum atomic E-state index is -5.83. The number of ether oxygens (including phenoxy) is 1. The van der Waals surface area contributed by atoms with Crippen molar-refractivity contribution in [2.24, 2.45) is 0 Å². The van der Waals surface area contributed by atoms with Crippen LogP contribution in [0.4, 0.5) is 40.8 Å². The van der Waals surface area contributed by atoms with Crippen molar-refractivity contribution in [3.8, 4) is 5.75 Å². The van der Waals surface area contributed by atoms with Gasteiger partial charge in [0.2, 0.25) is 0 Å². The van der Waals surface area contributed by atoms with E-state index in [1.807, 2.05) is 0 Å². The van der Waals surface area contributed by atoms with Crippen molar-refractivity contribution in [2.45, 2.75) is 30.8 Å². The molecule has 1 unspecified atom stereocenters. The molecule has 0 bridgehead atoms. The molecular formula is C19H15F8NO3. The second-order valence-corrected chi connectivity index (χ2v) is 6.69. The molecule has 0 aromatic heterocycles. The predicted octanol–water partition coefficient (Wildman–Crippen LogP) is 5.13. The van der Waals surface area contributed by atoms with Gasteiger partial charge in [-0.1, -0.05) is 12.1 Å². The number of halogens is 8. The number of nitrogens with one attached hydrogen (secondary N) is 1. The van der Waals surface area contributed by atoms with Crippen LogP contribution in [0.3, 0.4) is 0 Å². The summed E-state index contributed by atoms with van der Waals surface area (Å²) in [5, 5.41) is 12.4. The highest BCUT2D eigenvalue weighted by Crippen LogP contribution is 2.44. The van der Waals surface area contributed by atoms with E-state index >= 15 is 0 Å². The first-order chi connectivity index (χ1) is 14.0. The Hall–Kier alpha value is -2.89. The van der Waals surface area contributed by atoms with Crippen LogP contribution < -0.4 is 10.1 Å². The highest BCUT2D eigenvalue weighted by atomic mass is 19.4. The zero-order valence-corrected chi connectivity index (χ0v) is 15.6. The average molecular weight is 457 g/mol. The molecule has 31 heavy (non-hydrogen) atoms. The van der Waals surface area contributed by atoms with E-state index in [0.29, 0.717) is 24.3 Å². The SMILES string of the molecule is CC(O)(COc1cccc(C(F)(F)C(F)(F)F)c1)C(=O)Nc1ccc(C(F)(F)F)cc1. The Bertz CT molecular complexity index is 921. The fourth-order valence-corrected chi connectivity index (χ4v) is 2.24. The number of amides is 1. The Balaban J connectivity index is 2.06. The standard InChI is InChI=1S/C19H15F8NO3/c1-16(30,15(29)28-13-7-5-11(6-8-13)18(22,23)24)10-31-14-4-2-3-12(9-14)17(20,21)19(25,26)27/h2-9,30H,10H2,1H3,(H,28,29). The van der Waals surface area contributed by atoms with Gasteiger partial charge < -0.3 is 15.2 Å². The third kappa shape index (κ3) is 5.84. The molecule has 1 atom stereocenters. The van der Waals surface area contributed by atoms with E-state index in [1.54, 1.807) is 0 Å². The summed E-state index contributed by atoms with van der Waals surface area (Å²) in [6, 6.07) is 6.16. The first-order valence-electron chi connectivity index (χ1n) is 8.43. The van der Waals surface area contributed by atoms with Crippen molar-refractivity contribution in [3.05, 3.63) is 59.7 Å². The van der Waals surface area contributed by atoms with Gasteiger partial charge in [-0.25, -0.2) is 0 Å². The number of hydrogen-bond acceptors (Lipinski definition) is 3. The molecule has 0 aliphatic rings. The summed E-state index contributed by atoms with van der Waals surface area (Å²) in [5.74, 6) is -6.72. The summed E-state index contributed by atoms with van der Waals surface area (Å²) in [6.45, 7) is 0.112. The average Bonchev–Trinajstić information content (AvgIpc) is 2.65. The lowest BCUT2D eigenvalue weighted by Crippen LogP contribution is -2.45. The van der Waals surface area contributed by atoms with Gasteiger partial charge in [0.15, 0.2) is 5.60 Å². The lowest BCUT2D eigenvalue weighted by Gasteiger charge is -2.24. The van der Waals surface area contributed by atoms with Crippen LogP contribution in [0.25, 0.3) is 0 Å². The summed E-state index contributed by atoms with van der Waals surface area (Å²) in [5.41, 5.74) is -4.74. The topological polar surface area (TPSA) is 58.6 Å². The minimum Gasteiger partial charge on any atom is -0.490 e. The van der Waals surface area contributed by atoms with Crippen molar-refractivity contribution in [2.75, 3.05) is 11.9 Å². The molecule has 0 heterocycles. The molecule has 2 rings (SSSR count). The van der Waals surface area contributed by atoms with Crippen LogP contribution in [0.2, 0.25) is 0 Å². The molecular weight excluding hydrogens is 442 g/mol. The highest BCUT2D eigenvalue weighted by Gasteiger charge is 2.58. The molecule has 0 aliphatic heterocycles. The van der Waals surface area contributed by atoms with Gasteiger partial charge in [0.25, 0.3) is 5.91 Å². The van der Waals surface area contributed by atoms with Gasteiger partial charge in [-0.3, -0.25) is 4.79 Å². The maximum atomic E-state index is 13.4. The number of anilines is 1. The lowest BCUT2D eigenvalue weighted by molar-refractivity contribution is -0.289. The number of benzene rings is 2. The molecule has 0 saturated carbocycles. The normalized spacial score (nSPS) is 14.6. The van der Waals surface area contributed by atoms with E-state index in [2.05, 4.69) is 5.32 Å². The van der Waals surface area contributed by atoms with Crippen molar-refractivity contribution in [1.82, 2.24) is 0 Å². The molecule has 2 aromatic rings. The summed E-state index contributed by atoms with van der Waals surface area (Å²) >= 11 is 0. The molecule has 0 saturated heterocycles. The van der Waals surface area contributed by atoms with E-state index in [1.165, 1.54) is 0 Å². The first kappa shape index (κ1) is 24.4. The highest BCUT2D eigenvalue weighted by molar-refractivity contribution is 5.96. The Morgan fingerprint density at radius 3 is 2.03 bits per heavy atom. The van der Waals surface area contributed by atoms with Gasteiger partial charge in [-0.2, -0.15) is 35.1 Å². The Labute approximate surface area is 170 Å². The summed E-state index contributed by atoms with van der Waals surface area (Å²) < 4.78 is 107. The largest absolute Gasteiger partial charge is 0.490 e. The van der Waals surface area contributed by atoms with Crippen LogP contribution in [0.1, 0.15) is 18.1 Å². The van der Waals surface area contributed by atoms with Gasteiger partial charge in [-0.05, 0) is 43.3 Å². The Morgan fingerprint density at radius 2 is 1.52 bits per heavy atom. The van der Waals surface area contributed by atoms with Crippen LogP contribution in [0.5, 0.6) is 5.75 Å². The van der Waals surface area contributed by atoms with E-state index in [-0.39, 0.29) is 5.69 Å². The molecule has 2 aromatic carbocycles. The van der Waals surface area contributed by atoms with Gasteiger partial charge in [0.05, 0.1) is 5.56 Å². The second kappa shape index (κ2) is 8.33. The molecule has 0 aliphatic carbocycles. The van der Waals surface area contributed by atoms with Crippen LogP contribution in [0.15, 0.2) is 48.5 Å². The van der Waals surface area contributed by atoms with Crippen molar-refractivity contribution in [1.29, 1.82) is 0 Å². The van der Waals surface area contributed by atoms with Gasteiger partial charge in [-0.15, -0.1) is 0 Å². The summed E-state index contributed by atoms with van der Waals surface area (Å²) in [7, 11) is 0. The molecule has 0 spiro atoms. The monoisotopic (exact) mass is 457 g/mol. The quantitative estimate of drug-likeness (QED) is 0.592. The van der Waals surface area contributed by atoms with Crippen LogP contribution in [0, 0.1) is 0 Å². The molecule has 0 fully saturated rings. The summed E-state index contributed by atoms with van der Waals surface area (Å²) in [4.78, 5) is 12.2. The molecule has 1 amide bonds. The Kier molecular flexibility index (Phi) is 6.55. The van der Waals surface area contributed by atoms with Crippen LogP contribution in [-0.2, 0) is 16.9 Å². The second-order valence-electron chi connectivity index (χ2n) is 6.69. The number of carbonyl (C=O) groups excluding carboxylic acids is 1. The predicted molar refractivity (Wildman–Crippen MR) is 92.6 cm³/mol. The van der Waals surface area contributed by atoms with Gasteiger partial charge in [0.1, 0.15) is 12.4 Å². The van der Waals surface area contributed by atoms with E-state index in [4.69, 9.17) is 4.74 Å². The number of alkyl halides is 8. The van der Waals surface area contributed by atoms with Gasteiger partial charge >= 0.3 is 18.3 Å². The number of carbonyl (C=O) groups is 1. The van der Waals surface area contributed by atoms with Crippen LogP contribution in [-0.4, -0.2) is 29.4 Å². The van der Waals surface area contributed by atoms with Crippen molar-refractivity contribution in [3.63, 3.8) is 0 Å². The van der Waals surface area contributed by atoms with Gasteiger partial charge in [0, 0.05) is 11.3 Å². The maximum Gasteiger partial charge on any atom is 0.458 e. The van der Waals surface area contributed by atoms with Crippen molar-refractivity contribution >= 4 is 11.6 Å². The van der Waals surface area contributed by atoms with E-state index in [9.17, 15) is 45.0 Å². The third-order valence-corrected chi connectivity index (χ3v) is 4.03. The Morgan fingerprint density at radius 1 is 0.935 bits per heavy atom. The fourth-order valence-electron chi connectivity index (χ4n) is 2.24. The third-order valence-electron chi connectivity index (χ3n) is 4.03. The fraction of sp³-hybridized carbons (Fsp3) is 0.316. The zero-order chi connectivity index (χ0) is 23.7. The maximum absolute atomic E-state index is 13.4. The number of aliphatic hydroxyl groups is 1. The number of hydrogen-bond donors (Lipinski definition) is 2. The van der Waals surface area contributed by atoms with Crippen molar-refractivity contribution < 1.29 is 49.8 Å². The smallest absolute Gasteiger partial charge is 0.458 e. The lowest BCUT2D eigenvalue weighted by atomic mass is 10.1. The van der Waals surface area contributed by atoms with Crippen LogP contribution >= 0.6 is 0 Å². The molecule has 2 N–H and O–H groups in total. The number of rotatable bonds is 6. The molecule has 0 radical (unpaired) electrons. The first-order valence-corrected chi connectivity index (χ1v) is 8.43. The zero-order valence-electron chi connectivity index (χ0n) is 15.6. The minimum absolute atomic E-state index is 0.0786. The summed E-state index contributed by atoms with van der Waals surface area (Å²) in [6.07, 6.45) is -10.4. The van der Waals surface area contributed by atoms with E-state index < -0.39 is 53.3 Å². The molecule has 4 nitrogen and oxygen atoms in total. The molecule has 170 valence electrons.